The standard InChI is InChI=1S/C16H32N6O5/c1-8(2)7-11(14(25)22-12(9(3)23)15(26)27)21-13(24)10(17)5-4-6-20-16(18)19/h8-12,23H,4-7,17H2,1-3H3,(H,21,24)(H,22,25)(H,26,27)(H4,18,19,20). The van der Waals surface area contributed by atoms with Crippen LogP contribution < -0.4 is 27.8 Å². The van der Waals surface area contributed by atoms with Crippen LogP contribution in [0.1, 0.15) is 40.0 Å². The molecule has 156 valence electrons. The number of nitrogens with one attached hydrogen (secondary N) is 2. The Morgan fingerprint density at radius 2 is 1.67 bits per heavy atom. The van der Waals surface area contributed by atoms with Crippen LogP contribution in [0.4, 0.5) is 0 Å². The fourth-order valence-electron chi connectivity index (χ4n) is 2.27. The summed E-state index contributed by atoms with van der Waals surface area (Å²) in [7, 11) is 0. The van der Waals surface area contributed by atoms with Gasteiger partial charge in [-0.2, -0.15) is 0 Å². The van der Waals surface area contributed by atoms with Gasteiger partial charge in [-0.3, -0.25) is 14.6 Å². The second kappa shape index (κ2) is 12.1. The van der Waals surface area contributed by atoms with Gasteiger partial charge in [0.15, 0.2) is 12.0 Å². The fraction of sp³-hybridized carbons (Fsp3) is 0.750. The van der Waals surface area contributed by atoms with Crippen molar-refractivity contribution >= 4 is 23.7 Å². The van der Waals surface area contributed by atoms with Crippen molar-refractivity contribution in [3.8, 4) is 0 Å². The van der Waals surface area contributed by atoms with Crippen LogP contribution in [0, 0.1) is 5.92 Å². The lowest BCUT2D eigenvalue weighted by Gasteiger charge is -2.25. The van der Waals surface area contributed by atoms with Crippen molar-refractivity contribution in [1.82, 2.24) is 10.6 Å². The van der Waals surface area contributed by atoms with Crippen molar-refractivity contribution in [2.75, 3.05) is 6.54 Å². The molecule has 0 aliphatic heterocycles. The number of carbonyl (C=O) groups excluding carboxylic acids is 2. The Morgan fingerprint density at radius 3 is 2.11 bits per heavy atom. The second-order valence-corrected chi connectivity index (χ2v) is 6.81. The molecule has 0 saturated carbocycles. The van der Waals surface area contributed by atoms with E-state index in [1.165, 1.54) is 6.92 Å². The Hall–Kier alpha value is -2.40. The van der Waals surface area contributed by atoms with Gasteiger partial charge < -0.3 is 38.0 Å². The summed E-state index contributed by atoms with van der Waals surface area (Å²) in [5, 5.41) is 23.4. The van der Waals surface area contributed by atoms with Crippen molar-refractivity contribution < 1.29 is 24.6 Å². The molecule has 11 heteroatoms. The molecule has 10 N–H and O–H groups in total. The van der Waals surface area contributed by atoms with E-state index in [2.05, 4.69) is 15.6 Å². The van der Waals surface area contributed by atoms with Crippen molar-refractivity contribution in [3.05, 3.63) is 0 Å². The normalized spacial score (nSPS) is 15.3. The van der Waals surface area contributed by atoms with Crippen molar-refractivity contribution in [3.63, 3.8) is 0 Å². The maximum Gasteiger partial charge on any atom is 0.328 e. The van der Waals surface area contributed by atoms with E-state index in [1.54, 1.807) is 0 Å². The lowest BCUT2D eigenvalue weighted by molar-refractivity contribution is -0.145. The molecular formula is C16H32N6O5. The van der Waals surface area contributed by atoms with Crippen LogP contribution in [0.5, 0.6) is 0 Å². The van der Waals surface area contributed by atoms with E-state index in [9.17, 15) is 19.5 Å². The molecule has 2 amide bonds. The summed E-state index contributed by atoms with van der Waals surface area (Å²) in [4.78, 5) is 39.6. The monoisotopic (exact) mass is 388 g/mol. The summed E-state index contributed by atoms with van der Waals surface area (Å²) in [6, 6.07) is -3.31. The molecule has 0 aliphatic rings. The van der Waals surface area contributed by atoms with Crippen molar-refractivity contribution in [2.24, 2.45) is 28.1 Å². The maximum atomic E-state index is 12.4. The topological polar surface area (TPSA) is 206 Å². The molecule has 4 atom stereocenters. The third-order valence-corrected chi connectivity index (χ3v) is 3.69. The van der Waals surface area contributed by atoms with Gasteiger partial charge in [0.1, 0.15) is 6.04 Å². The Bertz CT molecular complexity index is 533. The van der Waals surface area contributed by atoms with E-state index >= 15 is 0 Å². The lowest BCUT2D eigenvalue weighted by atomic mass is 10.0. The summed E-state index contributed by atoms with van der Waals surface area (Å²) in [5.41, 5.74) is 16.2. The van der Waals surface area contributed by atoms with Gasteiger partial charge in [0.25, 0.3) is 0 Å². The highest BCUT2D eigenvalue weighted by atomic mass is 16.4. The smallest absolute Gasteiger partial charge is 0.328 e. The van der Waals surface area contributed by atoms with Crippen LogP contribution in [-0.4, -0.2) is 64.7 Å². The zero-order valence-electron chi connectivity index (χ0n) is 16.0. The van der Waals surface area contributed by atoms with Crippen molar-refractivity contribution in [2.45, 2.75) is 64.3 Å². The molecular weight excluding hydrogens is 356 g/mol. The van der Waals surface area contributed by atoms with Crippen LogP contribution in [0.25, 0.3) is 0 Å². The molecule has 0 saturated heterocycles. The van der Waals surface area contributed by atoms with Gasteiger partial charge in [-0.15, -0.1) is 0 Å². The van der Waals surface area contributed by atoms with E-state index in [0.717, 1.165) is 0 Å². The fourth-order valence-corrected chi connectivity index (χ4v) is 2.27. The number of aliphatic hydroxyl groups excluding tert-OH is 1. The minimum atomic E-state index is -1.47. The summed E-state index contributed by atoms with van der Waals surface area (Å²) < 4.78 is 0. The molecule has 0 radical (unpaired) electrons. The predicted octanol–water partition coefficient (Wildman–Crippen LogP) is -2.15. The van der Waals surface area contributed by atoms with Crippen LogP contribution in [0.2, 0.25) is 0 Å². The molecule has 27 heavy (non-hydrogen) atoms. The second-order valence-electron chi connectivity index (χ2n) is 6.81. The zero-order chi connectivity index (χ0) is 21.1. The van der Waals surface area contributed by atoms with Gasteiger partial charge in [0, 0.05) is 6.54 Å². The average molecular weight is 388 g/mol. The molecule has 0 fully saturated rings. The molecule has 0 spiro atoms. The first kappa shape index (κ1) is 24.6. The number of aliphatic imine (C=N–C) groups is 1. The van der Waals surface area contributed by atoms with Gasteiger partial charge >= 0.3 is 5.97 Å². The van der Waals surface area contributed by atoms with Crippen LogP contribution in [0.3, 0.4) is 0 Å². The molecule has 0 aromatic heterocycles. The minimum absolute atomic E-state index is 0.0483. The molecule has 0 bridgehead atoms. The molecule has 11 nitrogen and oxygen atoms in total. The number of hydrogen-bond acceptors (Lipinski definition) is 6. The molecule has 0 aromatic rings. The first-order valence-electron chi connectivity index (χ1n) is 8.78. The zero-order valence-corrected chi connectivity index (χ0v) is 16.0. The molecule has 0 heterocycles. The number of carboxylic acid groups (broad SMARTS) is 1. The quantitative estimate of drug-likeness (QED) is 0.111. The van der Waals surface area contributed by atoms with E-state index in [4.69, 9.17) is 22.3 Å². The summed E-state index contributed by atoms with van der Waals surface area (Å²) in [6.45, 7) is 5.28. The number of carbonyl (C=O) groups is 3. The highest BCUT2D eigenvalue weighted by Gasteiger charge is 2.30. The summed E-state index contributed by atoms with van der Waals surface area (Å²) in [6.07, 6.45) is -0.217. The summed E-state index contributed by atoms with van der Waals surface area (Å²) >= 11 is 0. The lowest BCUT2D eigenvalue weighted by Crippen LogP contribution is -2.56. The average Bonchev–Trinajstić information content (AvgIpc) is 2.54. The number of nitrogens with two attached hydrogens (primary N) is 3. The highest BCUT2D eigenvalue weighted by molar-refractivity contribution is 5.91. The third-order valence-electron chi connectivity index (χ3n) is 3.69. The van der Waals surface area contributed by atoms with Crippen LogP contribution >= 0.6 is 0 Å². The van der Waals surface area contributed by atoms with Gasteiger partial charge in [-0.1, -0.05) is 13.8 Å². The number of carboxylic acids is 1. The third kappa shape index (κ3) is 10.4. The number of rotatable bonds is 12. The number of guanidine groups is 1. The number of nitrogens with zero attached hydrogens (tertiary/aromatic N) is 1. The Morgan fingerprint density at radius 1 is 1.07 bits per heavy atom. The highest BCUT2D eigenvalue weighted by Crippen LogP contribution is 2.07. The number of aliphatic carboxylic acids is 1. The first-order chi connectivity index (χ1) is 12.5. The predicted molar refractivity (Wildman–Crippen MR) is 101 cm³/mol. The van der Waals surface area contributed by atoms with E-state index < -0.39 is 42.0 Å². The number of aliphatic hydroxyl groups is 1. The maximum absolute atomic E-state index is 12.4. The Kier molecular flexibility index (Phi) is 11.0. The number of amides is 2. The molecule has 0 aromatic carbocycles. The van der Waals surface area contributed by atoms with Gasteiger partial charge in [0.2, 0.25) is 11.8 Å². The minimum Gasteiger partial charge on any atom is -0.480 e. The number of hydrogen-bond donors (Lipinski definition) is 7. The van der Waals surface area contributed by atoms with E-state index in [0.29, 0.717) is 19.4 Å². The molecule has 0 aliphatic carbocycles. The van der Waals surface area contributed by atoms with Crippen LogP contribution in [-0.2, 0) is 14.4 Å². The van der Waals surface area contributed by atoms with Gasteiger partial charge in [-0.05, 0) is 32.1 Å². The SMILES string of the molecule is CC(C)CC(NC(=O)C(N)CCCN=C(N)N)C(=O)NC(C(=O)O)C(C)O. The summed E-state index contributed by atoms with van der Waals surface area (Å²) in [5.74, 6) is -2.60. The molecule has 4 unspecified atom stereocenters. The van der Waals surface area contributed by atoms with E-state index in [-0.39, 0.29) is 18.3 Å². The first-order valence-corrected chi connectivity index (χ1v) is 8.78. The van der Waals surface area contributed by atoms with Gasteiger partial charge in [0.05, 0.1) is 12.1 Å². The van der Waals surface area contributed by atoms with Crippen molar-refractivity contribution in [1.29, 1.82) is 0 Å². The van der Waals surface area contributed by atoms with Gasteiger partial charge in [-0.25, -0.2) is 4.79 Å². The van der Waals surface area contributed by atoms with Crippen LogP contribution in [0.15, 0.2) is 4.99 Å². The largest absolute Gasteiger partial charge is 0.480 e. The molecule has 0 rings (SSSR count). The van der Waals surface area contributed by atoms with E-state index in [1.807, 2.05) is 13.8 Å². The Labute approximate surface area is 158 Å². The Balaban J connectivity index is 4.88.